The van der Waals surface area contributed by atoms with Crippen molar-refractivity contribution in [2.75, 3.05) is 5.17 Å². The first-order valence-corrected chi connectivity index (χ1v) is 4.84. The maximum absolute atomic E-state index is 12.7. The lowest BCUT2D eigenvalue weighted by molar-refractivity contribution is 0.198. The van der Waals surface area contributed by atoms with Crippen molar-refractivity contribution in [2.24, 2.45) is 0 Å². The molecule has 0 saturated carbocycles. The first-order valence-electron chi connectivity index (χ1n) is 3.51. The lowest BCUT2D eigenvalue weighted by Crippen LogP contribution is -2.28. The maximum Gasteiger partial charge on any atom is 0.440 e. The summed E-state index contributed by atoms with van der Waals surface area (Å²) in [5.74, 6) is -0.516. The lowest BCUT2D eigenvalue weighted by atomic mass is 10.3. The Hall–Kier alpha value is -1.22. The standard InChI is InChI=1S/C6H5FN2O4S/c7-5-2-1-3-6(4-5)9-8-12-14(10,11)13-9/h1-4,8H. The van der Waals surface area contributed by atoms with E-state index in [0.717, 1.165) is 6.07 Å². The van der Waals surface area contributed by atoms with Crippen molar-refractivity contribution in [3.8, 4) is 0 Å². The van der Waals surface area contributed by atoms with Gasteiger partial charge in [0.1, 0.15) is 5.82 Å². The molecular formula is C6H5FN2O4S. The highest BCUT2D eigenvalue weighted by atomic mass is 32.3. The van der Waals surface area contributed by atoms with E-state index in [2.05, 4.69) is 8.57 Å². The van der Waals surface area contributed by atoms with Crippen LogP contribution in [0.1, 0.15) is 0 Å². The predicted octanol–water partition coefficient (Wildman–Crippen LogP) is 0.258. The molecular weight excluding hydrogens is 215 g/mol. The van der Waals surface area contributed by atoms with E-state index in [1.165, 1.54) is 18.2 Å². The first kappa shape index (κ1) is 9.34. The highest BCUT2D eigenvalue weighted by molar-refractivity contribution is 7.82. The third-order valence-corrected chi connectivity index (χ3v) is 2.04. The van der Waals surface area contributed by atoms with Crippen LogP contribution < -0.4 is 10.8 Å². The molecule has 1 saturated heterocycles. The van der Waals surface area contributed by atoms with E-state index >= 15 is 0 Å². The Labute approximate surface area is 79.0 Å². The molecule has 1 aromatic carbocycles. The van der Waals surface area contributed by atoms with Crippen LogP contribution in [0.15, 0.2) is 24.3 Å². The number of hydrazine groups is 1. The summed E-state index contributed by atoms with van der Waals surface area (Å²) in [6, 6.07) is 5.15. The first-order chi connectivity index (χ1) is 6.57. The average molecular weight is 220 g/mol. The lowest BCUT2D eigenvalue weighted by Gasteiger charge is -2.10. The van der Waals surface area contributed by atoms with Crippen LogP contribution in [0.4, 0.5) is 10.1 Å². The molecule has 0 aromatic heterocycles. The Balaban J connectivity index is 2.26. The Bertz CT molecular complexity index is 449. The summed E-state index contributed by atoms with van der Waals surface area (Å²) in [6.07, 6.45) is 0. The molecule has 2 rings (SSSR count). The van der Waals surface area contributed by atoms with Crippen LogP contribution in [-0.2, 0) is 19.0 Å². The molecule has 0 atom stereocenters. The molecule has 1 heterocycles. The average Bonchev–Trinajstić information content (AvgIpc) is 2.46. The van der Waals surface area contributed by atoms with Crippen molar-refractivity contribution in [3.63, 3.8) is 0 Å². The topological polar surface area (TPSA) is 67.9 Å². The van der Waals surface area contributed by atoms with Gasteiger partial charge in [-0.1, -0.05) is 11.7 Å². The number of hydrogen-bond acceptors (Lipinski definition) is 6. The van der Waals surface area contributed by atoms with Gasteiger partial charge in [-0.25, -0.2) is 4.39 Å². The summed E-state index contributed by atoms with van der Waals surface area (Å²) in [5.41, 5.74) is 2.12. The summed E-state index contributed by atoms with van der Waals surface area (Å²) in [5, 5.41) is 0.693. The van der Waals surface area contributed by atoms with E-state index < -0.39 is 16.2 Å². The number of halogens is 1. The molecule has 1 N–H and O–H groups in total. The van der Waals surface area contributed by atoms with Crippen molar-refractivity contribution in [3.05, 3.63) is 30.1 Å². The quantitative estimate of drug-likeness (QED) is 0.732. The molecule has 14 heavy (non-hydrogen) atoms. The van der Waals surface area contributed by atoms with Crippen molar-refractivity contribution < 1.29 is 21.4 Å². The largest absolute Gasteiger partial charge is 0.440 e. The van der Waals surface area contributed by atoms with Crippen LogP contribution in [-0.4, -0.2) is 8.42 Å². The van der Waals surface area contributed by atoms with Crippen molar-refractivity contribution in [1.82, 2.24) is 5.59 Å². The van der Waals surface area contributed by atoms with Gasteiger partial charge in [0.15, 0.2) is 0 Å². The minimum Gasteiger partial charge on any atom is -0.207 e. The number of nitrogens with zero attached hydrogens (tertiary/aromatic N) is 1. The van der Waals surface area contributed by atoms with Gasteiger partial charge in [0.05, 0.1) is 5.69 Å². The number of rotatable bonds is 1. The van der Waals surface area contributed by atoms with Crippen LogP contribution in [0.5, 0.6) is 0 Å². The van der Waals surface area contributed by atoms with E-state index in [1.807, 2.05) is 5.59 Å². The van der Waals surface area contributed by atoms with Gasteiger partial charge in [0, 0.05) is 6.07 Å². The number of anilines is 1. The van der Waals surface area contributed by atoms with Crippen LogP contribution in [0, 0.1) is 5.82 Å². The smallest absolute Gasteiger partial charge is 0.207 e. The van der Waals surface area contributed by atoms with Gasteiger partial charge in [-0.2, -0.15) is 8.42 Å². The van der Waals surface area contributed by atoms with E-state index in [-0.39, 0.29) is 5.69 Å². The molecule has 0 amide bonds. The summed E-state index contributed by atoms with van der Waals surface area (Å²) < 4.78 is 42.4. The zero-order chi connectivity index (χ0) is 10.2. The third-order valence-electron chi connectivity index (χ3n) is 1.43. The maximum atomic E-state index is 12.7. The van der Waals surface area contributed by atoms with Gasteiger partial charge in [-0.05, 0) is 12.1 Å². The SMILES string of the molecule is O=S1(=O)ONN(c2cccc(F)c2)O1. The van der Waals surface area contributed by atoms with Gasteiger partial charge in [0.25, 0.3) is 0 Å². The van der Waals surface area contributed by atoms with E-state index in [4.69, 9.17) is 0 Å². The molecule has 6 nitrogen and oxygen atoms in total. The predicted molar refractivity (Wildman–Crippen MR) is 43.1 cm³/mol. The second-order valence-corrected chi connectivity index (χ2v) is 3.56. The van der Waals surface area contributed by atoms with E-state index in [9.17, 15) is 12.8 Å². The highest BCUT2D eigenvalue weighted by Crippen LogP contribution is 2.19. The number of hydrogen-bond donors (Lipinski definition) is 1. The fourth-order valence-electron chi connectivity index (χ4n) is 0.899. The fourth-order valence-corrected chi connectivity index (χ4v) is 1.39. The zero-order valence-electron chi connectivity index (χ0n) is 6.68. The molecule has 1 aromatic rings. The Morgan fingerprint density at radius 1 is 1.43 bits per heavy atom. The molecule has 0 spiro atoms. The number of benzene rings is 1. The molecule has 0 radical (unpaired) electrons. The summed E-state index contributed by atoms with van der Waals surface area (Å²) in [4.78, 5) is 0. The highest BCUT2D eigenvalue weighted by Gasteiger charge is 2.28. The zero-order valence-corrected chi connectivity index (χ0v) is 7.49. The van der Waals surface area contributed by atoms with E-state index in [1.54, 1.807) is 0 Å². The van der Waals surface area contributed by atoms with Gasteiger partial charge >= 0.3 is 10.4 Å². The second-order valence-electron chi connectivity index (χ2n) is 2.43. The molecule has 1 aliphatic heterocycles. The van der Waals surface area contributed by atoms with Crippen molar-refractivity contribution in [2.45, 2.75) is 0 Å². The van der Waals surface area contributed by atoms with Crippen molar-refractivity contribution in [1.29, 1.82) is 0 Å². The van der Waals surface area contributed by atoms with E-state index in [0.29, 0.717) is 5.17 Å². The Morgan fingerprint density at radius 3 is 2.79 bits per heavy atom. The van der Waals surface area contributed by atoms with Crippen LogP contribution in [0.2, 0.25) is 0 Å². The minimum atomic E-state index is -4.06. The fraction of sp³-hybridized carbons (Fsp3) is 0. The molecule has 1 fully saturated rings. The van der Waals surface area contributed by atoms with Gasteiger partial charge < -0.3 is 0 Å². The van der Waals surface area contributed by atoms with Gasteiger partial charge in [0.2, 0.25) is 0 Å². The molecule has 76 valence electrons. The second kappa shape index (κ2) is 3.17. The van der Waals surface area contributed by atoms with Crippen molar-refractivity contribution >= 4 is 16.1 Å². The normalized spacial score (nSPS) is 19.9. The summed E-state index contributed by atoms with van der Waals surface area (Å²) in [7, 11) is -4.06. The van der Waals surface area contributed by atoms with Gasteiger partial charge in [-0.3, -0.25) is 0 Å². The molecule has 8 heteroatoms. The third kappa shape index (κ3) is 1.82. The van der Waals surface area contributed by atoms with Gasteiger partial charge in [-0.15, -0.1) is 13.7 Å². The Kier molecular flexibility index (Phi) is 2.11. The molecule has 0 bridgehead atoms. The van der Waals surface area contributed by atoms with Crippen LogP contribution >= 0.6 is 0 Å². The summed E-state index contributed by atoms with van der Waals surface area (Å²) in [6.45, 7) is 0. The number of nitrogens with one attached hydrogen (secondary N) is 1. The Morgan fingerprint density at radius 2 is 2.21 bits per heavy atom. The van der Waals surface area contributed by atoms with Crippen LogP contribution in [0.3, 0.4) is 0 Å². The monoisotopic (exact) mass is 220 g/mol. The molecule has 0 aliphatic carbocycles. The van der Waals surface area contributed by atoms with Crippen LogP contribution in [0.25, 0.3) is 0 Å². The summed E-state index contributed by atoms with van der Waals surface area (Å²) >= 11 is 0. The molecule has 0 unspecified atom stereocenters. The minimum absolute atomic E-state index is 0.172. The molecule has 1 aliphatic rings.